The Morgan fingerprint density at radius 1 is 0.662 bits per heavy atom. The summed E-state index contributed by atoms with van der Waals surface area (Å²) in [5.41, 5.74) is 0.606. The Morgan fingerprint density at radius 2 is 1.13 bits per heavy atom. The maximum atomic E-state index is 14.1. The van der Waals surface area contributed by atoms with E-state index in [2.05, 4.69) is 65.4 Å². The lowest BCUT2D eigenvalue weighted by molar-refractivity contribution is -0.174. The average molecular weight is 986 g/mol. The first-order chi connectivity index (χ1) is 32.0. The topological polar surface area (TPSA) is 153 Å². The summed E-state index contributed by atoms with van der Waals surface area (Å²) < 4.78 is 5.82. The van der Waals surface area contributed by atoms with Gasteiger partial charge in [-0.3, -0.25) is 14.4 Å². The molecule has 1 amide bonds. The number of hydrogen-bond acceptors (Lipinski definition) is 9. The lowest BCUT2D eigenvalue weighted by atomic mass is 9.43. The first-order valence-corrected chi connectivity index (χ1v) is 31.6. The molecule has 14 unspecified atom stereocenters. The van der Waals surface area contributed by atoms with Crippen molar-refractivity contribution in [2.24, 2.45) is 98.6 Å². The van der Waals surface area contributed by atoms with Crippen LogP contribution in [0.5, 0.6) is 0 Å². The molecule has 0 spiro atoms. The van der Waals surface area contributed by atoms with Crippen LogP contribution in [0.1, 0.15) is 189 Å². The van der Waals surface area contributed by atoms with Gasteiger partial charge in [0, 0.05) is 44.5 Å². The van der Waals surface area contributed by atoms with Crippen molar-refractivity contribution in [1.29, 1.82) is 0 Å². The first kappa shape index (κ1) is 53.5. The largest absolute Gasteiger partial charge is 0.393 e. The van der Waals surface area contributed by atoms with E-state index in [1.54, 1.807) is 0 Å². The van der Waals surface area contributed by atoms with Crippen LogP contribution in [-0.2, 0) is 18.9 Å². The van der Waals surface area contributed by atoms with Gasteiger partial charge in [-0.1, -0.05) is 54.3 Å². The van der Waals surface area contributed by atoms with Gasteiger partial charge in [0.15, 0.2) is 0 Å². The molecule has 11 heteroatoms. The number of nitrogens with one attached hydrogen (secondary N) is 1. The fourth-order valence-corrected chi connectivity index (χ4v) is 20.1. The van der Waals surface area contributed by atoms with E-state index in [1.165, 1.54) is 0 Å². The van der Waals surface area contributed by atoms with E-state index in [0.29, 0.717) is 85.0 Å². The van der Waals surface area contributed by atoms with Gasteiger partial charge >= 0.3 is 0 Å². The minimum Gasteiger partial charge on any atom is -0.393 e. The van der Waals surface area contributed by atoms with Crippen LogP contribution in [0.25, 0.3) is 0 Å². The Labute approximate surface area is 417 Å². The lowest BCUT2D eigenvalue weighted by Crippen LogP contribution is -2.58. The Morgan fingerprint density at radius 3 is 1.63 bits per heavy atom. The fraction of sp³-hybridized carbons (Fsp3) is 0.930. The van der Waals surface area contributed by atoms with Gasteiger partial charge in [-0.15, -0.1) is 12.2 Å². The minimum absolute atomic E-state index is 0.0646. The number of carbonyl (C=O) groups excluding carboxylic acids is 3. The molecule has 8 rings (SSSR count). The number of ketones is 2. The summed E-state index contributed by atoms with van der Waals surface area (Å²) in [5, 5.41) is 47.6. The molecule has 0 aliphatic heterocycles. The van der Waals surface area contributed by atoms with E-state index >= 15 is 0 Å². The molecule has 8 aliphatic carbocycles. The molecule has 0 aromatic heterocycles. The van der Waals surface area contributed by atoms with E-state index in [4.69, 9.17) is 4.52 Å². The number of aliphatic hydroxyl groups excluding tert-OH is 4. The van der Waals surface area contributed by atoms with Gasteiger partial charge in [-0.05, 0) is 215 Å². The number of amides is 1. The monoisotopic (exact) mass is 986 g/mol. The Bertz CT molecular complexity index is 1860. The van der Waals surface area contributed by atoms with Crippen molar-refractivity contribution < 1.29 is 39.3 Å². The van der Waals surface area contributed by atoms with Crippen molar-refractivity contribution >= 4 is 42.3 Å². The van der Waals surface area contributed by atoms with Crippen molar-refractivity contribution in [3.05, 3.63) is 0 Å². The van der Waals surface area contributed by atoms with Crippen LogP contribution in [0.4, 0.5) is 0 Å². The number of Topliss-reactive ketones (excluding diaryl/α,β-unsaturated/α-hetero) is 2. The molecule has 5 N–H and O–H groups in total. The maximum Gasteiger partial charge on any atom is 0.220 e. The summed E-state index contributed by atoms with van der Waals surface area (Å²) >= 11 is 4.49. The highest BCUT2D eigenvalue weighted by molar-refractivity contribution is 8.49. The quantitative estimate of drug-likeness (QED) is 0.0451. The van der Waals surface area contributed by atoms with Gasteiger partial charge in [0.2, 0.25) is 5.91 Å². The van der Waals surface area contributed by atoms with Crippen LogP contribution in [0.2, 0.25) is 0 Å². The molecule has 0 radical (unpaired) electrons. The van der Waals surface area contributed by atoms with Gasteiger partial charge < -0.3 is 30.3 Å². The van der Waals surface area contributed by atoms with Crippen LogP contribution in [0.15, 0.2) is 0 Å². The molecule has 0 aromatic carbocycles. The first-order valence-electron chi connectivity index (χ1n) is 28.1. The third kappa shape index (κ3) is 10.5. The summed E-state index contributed by atoms with van der Waals surface area (Å²) in [6.45, 7) is 17.1. The number of unbranched alkanes of at least 4 members (excludes halogenated alkanes) is 1. The highest BCUT2D eigenvalue weighted by Crippen LogP contribution is 2.70. The number of rotatable bonds is 18. The van der Waals surface area contributed by atoms with Crippen molar-refractivity contribution in [1.82, 2.24) is 5.32 Å². The van der Waals surface area contributed by atoms with E-state index in [1.807, 2.05) is 6.66 Å². The minimum atomic E-state index is -2.05. The molecule has 0 saturated heterocycles. The molecule has 0 aromatic rings. The molecule has 0 heterocycles. The third-order valence-electron chi connectivity index (χ3n) is 22.8. The number of hydrogen-bond donors (Lipinski definition) is 6. The van der Waals surface area contributed by atoms with E-state index in [9.17, 15) is 34.8 Å². The second kappa shape index (κ2) is 20.9. The van der Waals surface area contributed by atoms with Crippen LogP contribution >= 0.6 is 18.6 Å². The molecular weight excluding hydrogens is 890 g/mol. The second-order valence-electron chi connectivity index (χ2n) is 26.7. The predicted octanol–water partition coefficient (Wildman–Crippen LogP) is 10.7. The smallest absolute Gasteiger partial charge is 0.220 e. The van der Waals surface area contributed by atoms with Gasteiger partial charge in [0.05, 0.1) is 31.0 Å². The lowest BCUT2D eigenvalue weighted by Gasteiger charge is -2.62. The zero-order chi connectivity index (χ0) is 49.1. The molecule has 0 bridgehead atoms. The van der Waals surface area contributed by atoms with Crippen LogP contribution in [0.3, 0.4) is 0 Å². The summed E-state index contributed by atoms with van der Waals surface area (Å²) in [6.07, 6.45) is 20.6. The average Bonchev–Trinajstić information content (AvgIpc) is 3.80. The zero-order valence-corrected chi connectivity index (χ0v) is 45.3. The molecule has 388 valence electrons. The SMILES string of the molecule is C=P(C)(S)OCCC(=O)C(CCCCNC(=O)C[C@@H](C)C1CCC2C3C(O)CC4C[C@H](O)CC[C@]4(C)C3CC[C@@]21C)CC(=O)C[C@@H](C)C1CCC2C3C(O)CC4C[C@H](O)CC[C@]4(C)C3CC[C@@]21C. The van der Waals surface area contributed by atoms with Gasteiger partial charge in [0.1, 0.15) is 11.6 Å². The van der Waals surface area contributed by atoms with Crippen molar-refractivity contribution in [2.75, 3.05) is 19.8 Å². The Hall–Kier alpha value is -0.740. The summed E-state index contributed by atoms with van der Waals surface area (Å²) in [7, 11) is 0. The number of carbonyl (C=O) groups is 3. The highest BCUT2D eigenvalue weighted by Gasteiger charge is 2.65. The van der Waals surface area contributed by atoms with Crippen molar-refractivity contribution in [2.45, 2.75) is 214 Å². The molecule has 8 saturated carbocycles. The summed E-state index contributed by atoms with van der Waals surface area (Å²) in [4.78, 5) is 41.4. The van der Waals surface area contributed by atoms with E-state index in [-0.39, 0.29) is 101 Å². The molecular formula is C57H96NO8PS. The van der Waals surface area contributed by atoms with Crippen LogP contribution in [-0.4, -0.2) is 88.4 Å². The van der Waals surface area contributed by atoms with Gasteiger partial charge in [-0.25, -0.2) is 0 Å². The van der Waals surface area contributed by atoms with Crippen LogP contribution < -0.4 is 5.32 Å². The third-order valence-corrected chi connectivity index (χ3v) is 23.9. The molecule has 9 nitrogen and oxygen atoms in total. The Balaban J connectivity index is 0.812. The molecule has 8 aliphatic rings. The zero-order valence-electron chi connectivity index (χ0n) is 43.5. The predicted molar refractivity (Wildman–Crippen MR) is 277 cm³/mol. The summed E-state index contributed by atoms with van der Waals surface area (Å²) in [5.74, 6) is 4.62. The van der Waals surface area contributed by atoms with Crippen LogP contribution in [0, 0.1) is 98.6 Å². The highest BCUT2D eigenvalue weighted by atomic mass is 32.7. The maximum absolute atomic E-state index is 14.1. The fourth-order valence-electron chi connectivity index (χ4n) is 19.4. The standard InChI is InChI=1S/C57H96NO8PS/c1-34(42-12-14-44-52-46(18-23-56(42,44)5)54(3)21-16-39(59)30-37(54)32-49(52)63)27-41(61)29-36(48(62)20-26-66-67(7,8)68)11-9-10-25-58-51(65)28-35(2)43-13-15-45-53-47(19-24-57(43,45)6)55(4)22-17-40(60)31-38(55)33-50(53)64/h34-40,42-47,49-50,52-53,59-60,63-64,68H,7,9-33H2,1-6,8H3,(H,58,65)/t34-,35-,36?,37?,38?,39-,40-,42?,43?,44?,45?,46?,47?,49?,50?,52?,53?,54+,55+,56-,57-,67?/m1/s1. The van der Waals surface area contributed by atoms with E-state index < -0.39 is 6.31 Å². The molecule has 68 heavy (non-hydrogen) atoms. The number of aliphatic hydroxyl groups is 4. The van der Waals surface area contributed by atoms with Gasteiger partial charge in [-0.2, -0.15) is 0 Å². The Kier molecular flexibility index (Phi) is 16.4. The number of thiol groups is 1. The normalized spacial score (nSPS) is 46.3. The van der Waals surface area contributed by atoms with E-state index in [0.717, 1.165) is 116 Å². The number of fused-ring (bicyclic) bond motifs is 10. The molecule has 8 fully saturated rings. The summed E-state index contributed by atoms with van der Waals surface area (Å²) in [6, 6.07) is 0. The van der Waals surface area contributed by atoms with Gasteiger partial charge in [0.25, 0.3) is 0 Å². The molecule has 22 atom stereocenters. The van der Waals surface area contributed by atoms with Crippen molar-refractivity contribution in [3.8, 4) is 0 Å². The second-order valence-corrected chi connectivity index (χ2v) is 31.6. The van der Waals surface area contributed by atoms with Crippen molar-refractivity contribution in [3.63, 3.8) is 0 Å².